The molecule has 134 valence electrons. The van der Waals surface area contributed by atoms with E-state index in [4.69, 9.17) is 11.6 Å². The normalized spacial score (nSPS) is 12.0. The van der Waals surface area contributed by atoms with Gasteiger partial charge in [0.2, 0.25) is 5.91 Å². The average Bonchev–Trinajstić information content (AvgIpc) is 2.98. The Morgan fingerprint density at radius 3 is 2.54 bits per heavy atom. The van der Waals surface area contributed by atoms with Crippen molar-refractivity contribution in [3.8, 4) is 11.4 Å². The van der Waals surface area contributed by atoms with Crippen LogP contribution in [0.15, 0.2) is 53.7 Å². The zero-order valence-corrected chi connectivity index (χ0v) is 16.3. The molecular weight excluding hydrogens is 368 g/mol. The number of nitrogens with one attached hydrogen (secondary N) is 1. The van der Waals surface area contributed by atoms with Crippen molar-refractivity contribution in [2.24, 2.45) is 7.05 Å². The summed E-state index contributed by atoms with van der Waals surface area (Å²) < 4.78 is 1.92. The van der Waals surface area contributed by atoms with Crippen molar-refractivity contribution >= 4 is 35.0 Å². The number of nitrogens with zero attached hydrogens (tertiary/aromatic N) is 3. The Labute approximate surface area is 161 Å². The molecule has 0 radical (unpaired) electrons. The molecule has 0 fully saturated rings. The van der Waals surface area contributed by atoms with Crippen molar-refractivity contribution in [2.45, 2.75) is 24.3 Å². The van der Waals surface area contributed by atoms with Gasteiger partial charge in [0, 0.05) is 23.3 Å². The van der Waals surface area contributed by atoms with Crippen LogP contribution in [-0.4, -0.2) is 25.9 Å². The van der Waals surface area contributed by atoms with E-state index in [1.54, 1.807) is 24.3 Å². The zero-order chi connectivity index (χ0) is 18.7. The Bertz CT molecular complexity index is 924. The zero-order valence-electron chi connectivity index (χ0n) is 14.7. The summed E-state index contributed by atoms with van der Waals surface area (Å²) >= 11 is 7.24. The number of amides is 1. The molecule has 1 unspecified atom stereocenters. The first-order chi connectivity index (χ1) is 12.5. The number of carbonyl (C=O) groups is 1. The van der Waals surface area contributed by atoms with E-state index in [0.29, 0.717) is 15.9 Å². The number of halogens is 1. The molecule has 0 aliphatic heterocycles. The number of aromatic nitrogens is 3. The number of rotatable bonds is 5. The highest BCUT2D eigenvalue weighted by atomic mass is 35.5. The molecule has 2 aromatic carbocycles. The van der Waals surface area contributed by atoms with Crippen LogP contribution in [0.4, 0.5) is 5.69 Å². The van der Waals surface area contributed by atoms with Crippen LogP contribution < -0.4 is 5.32 Å². The molecule has 0 aliphatic rings. The second-order valence-electron chi connectivity index (χ2n) is 5.94. The first-order valence-corrected chi connectivity index (χ1v) is 9.40. The molecule has 0 saturated carbocycles. The number of carbonyl (C=O) groups excluding carboxylic acids is 1. The van der Waals surface area contributed by atoms with Gasteiger partial charge in [0.05, 0.1) is 5.25 Å². The van der Waals surface area contributed by atoms with Crippen molar-refractivity contribution in [3.63, 3.8) is 0 Å². The van der Waals surface area contributed by atoms with Crippen LogP contribution in [0.3, 0.4) is 0 Å². The lowest BCUT2D eigenvalue weighted by molar-refractivity contribution is -0.115. The predicted octanol–water partition coefficient (Wildman–Crippen LogP) is 4.56. The Kier molecular flexibility index (Phi) is 5.64. The van der Waals surface area contributed by atoms with Crippen LogP contribution >= 0.6 is 23.4 Å². The van der Waals surface area contributed by atoms with E-state index in [9.17, 15) is 4.79 Å². The Hall–Kier alpha value is -2.31. The van der Waals surface area contributed by atoms with Crippen LogP contribution in [-0.2, 0) is 11.8 Å². The minimum absolute atomic E-state index is 0.0993. The molecule has 0 saturated heterocycles. The largest absolute Gasteiger partial charge is 0.325 e. The lowest BCUT2D eigenvalue weighted by atomic mass is 10.1. The van der Waals surface area contributed by atoms with Crippen molar-refractivity contribution in [3.05, 3.63) is 59.1 Å². The van der Waals surface area contributed by atoms with E-state index in [0.717, 1.165) is 17.0 Å². The van der Waals surface area contributed by atoms with Gasteiger partial charge in [-0.2, -0.15) is 0 Å². The Morgan fingerprint density at radius 1 is 1.15 bits per heavy atom. The number of benzene rings is 2. The molecule has 3 aromatic rings. The van der Waals surface area contributed by atoms with E-state index in [1.807, 2.05) is 49.7 Å². The third kappa shape index (κ3) is 4.08. The topological polar surface area (TPSA) is 59.8 Å². The number of thioether (sulfide) groups is 1. The molecule has 0 spiro atoms. The van der Waals surface area contributed by atoms with Crippen molar-refractivity contribution in [2.75, 3.05) is 5.32 Å². The van der Waals surface area contributed by atoms with Gasteiger partial charge in [-0.15, -0.1) is 10.2 Å². The number of hydrogen-bond donors (Lipinski definition) is 1. The highest BCUT2D eigenvalue weighted by Gasteiger charge is 2.20. The van der Waals surface area contributed by atoms with Crippen LogP contribution in [0.1, 0.15) is 12.5 Å². The van der Waals surface area contributed by atoms with Crippen molar-refractivity contribution < 1.29 is 4.79 Å². The van der Waals surface area contributed by atoms with E-state index >= 15 is 0 Å². The minimum Gasteiger partial charge on any atom is -0.325 e. The van der Waals surface area contributed by atoms with Gasteiger partial charge in [-0.1, -0.05) is 47.6 Å². The standard InChI is InChI=1S/C19H19ClN4OS/c1-12-6-4-5-7-16(12)17-22-23-19(24(17)3)26-13(2)18(25)21-15-10-8-14(20)9-11-15/h4-11,13H,1-3H3,(H,21,25). The first kappa shape index (κ1) is 18.5. The van der Waals surface area contributed by atoms with Crippen molar-refractivity contribution in [1.82, 2.24) is 14.8 Å². The van der Waals surface area contributed by atoms with Gasteiger partial charge in [0.25, 0.3) is 0 Å². The second-order valence-corrected chi connectivity index (χ2v) is 7.68. The molecule has 1 atom stereocenters. The van der Waals surface area contributed by atoms with Crippen molar-refractivity contribution in [1.29, 1.82) is 0 Å². The van der Waals surface area contributed by atoms with E-state index < -0.39 is 0 Å². The third-order valence-corrected chi connectivity index (χ3v) is 5.37. The summed E-state index contributed by atoms with van der Waals surface area (Å²) in [5.74, 6) is 0.689. The van der Waals surface area contributed by atoms with Crippen LogP contribution in [0.25, 0.3) is 11.4 Å². The fourth-order valence-corrected chi connectivity index (χ4v) is 3.41. The molecule has 3 rings (SSSR count). The molecule has 7 heteroatoms. The molecule has 1 aromatic heterocycles. The van der Waals surface area contributed by atoms with Gasteiger partial charge in [-0.25, -0.2) is 0 Å². The number of aryl methyl sites for hydroxylation is 1. The number of hydrogen-bond acceptors (Lipinski definition) is 4. The SMILES string of the molecule is Cc1ccccc1-c1nnc(SC(C)C(=O)Nc2ccc(Cl)cc2)n1C. The van der Waals surface area contributed by atoms with Crippen LogP contribution in [0, 0.1) is 6.92 Å². The highest BCUT2D eigenvalue weighted by molar-refractivity contribution is 8.00. The summed E-state index contributed by atoms with van der Waals surface area (Å²) in [7, 11) is 1.91. The fourth-order valence-electron chi connectivity index (χ4n) is 2.46. The Morgan fingerprint density at radius 2 is 1.85 bits per heavy atom. The third-order valence-electron chi connectivity index (χ3n) is 3.98. The smallest absolute Gasteiger partial charge is 0.237 e. The first-order valence-electron chi connectivity index (χ1n) is 8.14. The van der Waals surface area contributed by atoms with Crippen LogP contribution in [0.5, 0.6) is 0 Å². The molecule has 0 bridgehead atoms. The van der Waals surface area contributed by atoms with Gasteiger partial charge < -0.3 is 9.88 Å². The van der Waals surface area contributed by atoms with E-state index in [2.05, 4.69) is 15.5 Å². The quantitative estimate of drug-likeness (QED) is 0.653. The van der Waals surface area contributed by atoms with Gasteiger partial charge in [0.1, 0.15) is 0 Å². The maximum Gasteiger partial charge on any atom is 0.237 e. The summed E-state index contributed by atoms with van der Waals surface area (Å²) in [6.07, 6.45) is 0. The maximum absolute atomic E-state index is 12.4. The van der Waals surface area contributed by atoms with E-state index in [-0.39, 0.29) is 11.2 Å². The predicted molar refractivity (Wildman–Crippen MR) is 107 cm³/mol. The van der Waals surface area contributed by atoms with Crippen LogP contribution in [0.2, 0.25) is 5.02 Å². The molecule has 1 amide bonds. The lowest BCUT2D eigenvalue weighted by Crippen LogP contribution is -2.22. The Balaban J connectivity index is 1.71. The molecule has 26 heavy (non-hydrogen) atoms. The van der Waals surface area contributed by atoms with Gasteiger partial charge in [0.15, 0.2) is 11.0 Å². The minimum atomic E-state index is -0.321. The molecule has 1 heterocycles. The number of anilines is 1. The monoisotopic (exact) mass is 386 g/mol. The summed E-state index contributed by atoms with van der Waals surface area (Å²) in [4.78, 5) is 12.4. The molecule has 0 aliphatic carbocycles. The lowest BCUT2D eigenvalue weighted by Gasteiger charge is -2.12. The summed E-state index contributed by atoms with van der Waals surface area (Å²) in [6.45, 7) is 3.89. The van der Waals surface area contributed by atoms with Gasteiger partial charge >= 0.3 is 0 Å². The summed E-state index contributed by atoms with van der Waals surface area (Å²) in [5.41, 5.74) is 2.88. The highest BCUT2D eigenvalue weighted by Crippen LogP contribution is 2.27. The second kappa shape index (κ2) is 7.93. The summed E-state index contributed by atoms with van der Waals surface area (Å²) in [6, 6.07) is 15.1. The molecular formula is C19H19ClN4OS. The average molecular weight is 387 g/mol. The molecule has 1 N–H and O–H groups in total. The van der Waals surface area contributed by atoms with E-state index in [1.165, 1.54) is 11.8 Å². The maximum atomic E-state index is 12.4. The van der Waals surface area contributed by atoms with Gasteiger partial charge in [-0.3, -0.25) is 4.79 Å². The molecule has 5 nitrogen and oxygen atoms in total. The van der Waals surface area contributed by atoms with Gasteiger partial charge in [-0.05, 0) is 43.7 Å². The fraction of sp³-hybridized carbons (Fsp3) is 0.211. The summed E-state index contributed by atoms with van der Waals surface area (Å²) in [5, 5.41) is 12.4.